The van der Waals surface area contributed by atoms with Gasteiger partial charge >= 0.3 is 0 Å². The van der Waals surface area contributed by atoms with Crippen LogP contribution in [0.5, 0.6) is 0 Å². The molecule has 0 saturated carbocycles. The van der Waals surface area contributed by atoms with Crippen molar-refractivity contribution in [1.29, 1.82) is 0 Å². The predicted octanol–water partition coefficient (Wildman–Crippen LogP) is 3.40. The molecule has 0 bridgehead atoms. The Hall–Kier alpha value is -2.87. The maximum Gasteiger partial charge on any atom is 0.242 e. The van der Waals surface area contributed by atoms with E-state index in [1.165, 1.54) is 4.31 Å². The van der Waals surface area contributed by atoms with Crippen LogP contribution in [0, 0.1) is 13.8 Å². The highest BCUT2D eigenvalue weighted by molar-refractivity contribution is 7.92. The summed E-state index contributed by atoms with van der Waals surface area (Å²) < 4.78 is 26.0. The van der Waals surface area contributed by atoms with Crippen molar-refractivity contribution < 1.29 is 18.0 Å². The van der Waals surface area contributed by atoms with Crippen molar-refractivity contribution in [2.24, 2.45) is 0 Å². The monoisotopic (exact) mass is 473 g/mol. The van der Waals surface area contributed by atoms with Gasteiger partial charge in [-0.25, -0.2) is 8.42 Å². The number of anilines is 1. The Morgan fingerprint density at radius 1 is 0.970 bits per heavy atom. The van der Waals surface area contributed by atoms with Crippen molar-refractivity contribution in [1.82, 2.24) is 10.2 Å². The lowest BCUT2D eigenvalue weighted by molar-refractivity contribution is -0.141. The summed E-state index contributed by atoms with van der Waals surface area (Å²) in [6.45, 7) is 6.31. The van der Waals surface area contributed by atoms with Gasteiger partial charge in [-0.3, -0.25) is 13.9 Å². The first-order valence-electron chi connectivity index (χ1n) is 11.2. The minimum Gasteiger partial charge on any atom is -0.357 e. The minimum atomic E-state index is -3.50. The number of nitrogens with one attached hydrogen (secondary N) is 1. The molecular weight excluding hydrogens is 438 g/mol. The number of nitrogens with zero attached hydrogens (tertiary/aromatic N) is 2. The van der Waals surface area contributed by atoms with Crippen LogP contribution in [-0.2, 0) is 26.2 Å². The normalized spacial score (nSPS) is 12.2. The van der Waals surface area contributed by atoms with E-state index < -0.39 is 16.1 Å². The molecule has 33 heavy (non-hydrogen) atoms. The van der Waals surface area contributed by atoms with Crippen LogP contribution in [0.4, 0.5) is 5.69 Å². The third kappa shape index (κ3) is 7.60. The third-order valence-corrected chi connectivity index (χ3v) is 6.77. The molecule has 180 valence electrons. The molecule has 0 fully saturated rings. The van der Waals surface area contributed by atoms with Crippen molar-refractivity contribution in [3.8, 4) is 0 Å². The first-order valence-corrected chi connectivity index (χ1v) is 13.0. The second-order valence-electron chi connectivity index (χ2n) is 8.32. The molecule has 2 amide bonds. The fourth-order valence-electron chi connectivity index (χ4n) is 3.69. The van der Waals surface area contributed by atoms with Crippen LogP contribution in [0.25, 0.3) is 0 Å². The van der Waals surface area contributed by atoms with Gasteiger partial charge in [-0.15, -0.1) is 0 Å². The van der Waals surface area contributed by atoms with Crippen LogP contribution in [0.2, 0.25) is 0 Å². The molecule has 1 atom stereocenters. The molecule has 2 rings (SSSR count). The fraction of sp³-hybridized carbons (Fsp3) is 0.440. The van der Waals surface area contributed by atoms with Crippen LogP contribution in [0.3, 0.4) is 0 Å². The Balaban J connectivity index is 2.17. The molecule has 0 spiro atoms. The fourth-order valence-corrected chi connectivity index (χ4v) is 4.66. The van der Waals surface area contributed by atoms with E-state index in [1.54, 1.807) is 24.1 Å². The van der Waals surface area contributed by atoms with Gasteiger partial charge in [0.2, 0.25) is 21.8 Å². The molecule has 8 heteroatoms. The molecule has 0 aromatic heterocycles. The number of amides is 2. The molecule has 0 aliphatic carbocycles. The van der Waals surface area contributed by atoms with E-state index in [9.17, 15) is 18.0 Å². The smallest absolute Gasteiger partial charge is 0.242 e. The number of carbonyl (C=O) groups is 2. The second kappa shape index (κ2) is 11.8. The second-order valence-corrected chi connectivity index (χ2v) is 10.2. The Labute approximate surface area is 197 Å². The van der Waals surface area contributed by atoms with E-state index in [2.05, 4.69) is 5.32 Å². The van der Waals surface area contributed by atoms with E-state index in [0.717, 1.165) is 22.9 Å². The molecule has 0 radical (unpaired) electrons. The minimum absolute atomic E-state index is 0.136. The van der Waals surface area contributed by atoms with Crippen molar-refractivity contribution in [3.05, 3.63) is 65.2 Å². The van der Waals surface area contributed by atoms with Crippen LogP contribution >= 0.6 is 0 Å². The number of likely N-dealkylation sites (N-methyl/N-ethyl adjacent to an activating group) is 1. The average Bonchev–Trinajstić information content (AvgIpc) is 2.77. The zero-order valence-corrected chi connectivity index (χ0v) is 21.0. The van der Waals surface area contributed by atoms with Gasteiger partial charge in [0, 0.05) is 26.6 Å². The Kier molecular flexibility index (Phi) is 9.46. The highest BCUT2D eigenvalue weighted by Gasteiger charge is 2.28. The van der Waals surface area contributed by atoms with Crippen LogP contribution in [0.1, 0.15) is 42.9 Å². The standard InChI is InChI=1S/C25H35N3O4S/c1-6-23(25(30)26-4)27(18-21-13-9-19(2)10-14-21)24(29)8-7-17-28(33(5,31)32)22-15-11-20(3)12-16-22/h9-16,23H,6-8,17-18H2,1-5H3,(H,26,30)/t23-/m0/s1. The van der Waals surface area contributed by atoms with E-state index in [1.807, 2.05) is 57.2 Å². The lowest BCUT2D eigenvalue weighted by Crippen LogP contribution is -2.48. The van der Waals surface area contributed by atoms with Crippen molar-refractivity contribution in [2.45, 2.75) is 52.6 Å². The number of carbonyl (C=O) groups excluding carboxylic acids is 2. The maximum absolute atomic E-state index is 13.2. The van der Waals surface area contributed by atoms with Crippen LogP contribution in [0.15, 0.2) is 48.5 Å². The predicted molar refractivity (Wildman–Crippen MR) is 132 cm³/mol. The Bertz CT molecular complexity index is 1030. The number of hydrogen-bond acceptors (Lipinski definition) is 4. The van der Waals surface area contributed by atoms with Crippen molar-refractivity contribution in [3.63, 3.8) is 0 Å². The molecule has 0 saturated heterocycles. The Morgan fingerprint density at radius 2 is 1.52 bits per heavy atom. The summed E-state index contributed by atoms with van der Waals surface area (Å²) in [7, 11) is -1.94. The topological polar surface area (TPSA) is 86.8 Å². The number of sulfonamides is 1. The van der Waals surface area contributed by atoms with Crippen molar-refractivity contribution in [2.75, 3.05) is 24.2 Å². The zero-order valence-electron chi connectivity index (χ0n) is 20.2. The van der Waals surface area contributed by atoms with Crippen LogP contribution in [-0.4, -0.2) is 51.0 Å². The summed E-state index contributed by atoms with van der Waals surface area (Å²) >= 11 is 0. The highest BCUT2D eigenvalue weighted by atomic mass is 32.2. The average molecular weight is 474 g/mol. The lowest BCUT2D eigenvalue weighted by atomic mass is 10.1. The first kappa shape index (κ1) is 26.4. The summed E-state index contributed by atoms with van der Waals surface area (Å²) in [5.74, 6) is -0.390. The summed E-state index contributed by atoms with van der Waals surface area (Å²) in [4.78, 5) is 27.3. The number of benzene rings is 2. The number of rotatable bonds is 11. The van der Waals surface area contributed by atoms with Gasteiger partial charge in [0.25, 0.3) is 0 Å². The third-order valence-electron chi connectivity index (χ3n) is 5.58. The molecule has 0 heterocycles. The molecule has 0 aliphatic heterocycles. The largest absolute Gasteiger partial charge is 0.357 e. The zero-order chi connectivity index (χ0) is 24.6. The van der Waals surface area contributed by atoms with Crippen LogP contribution < -0.4 is 9.62 Å². The van der Waals surface area contributed by atoms with Gasteiger partial charge in [0.1, 0.15) is 6.04 Å². The number of hydrogen-bond donors (Lipinski definition) is 1. The van der Waals surface area contributed by atoms with E-state index in [-0.39, 0.29) is 24.8 Å². The van der Waals surface area contributed by atoms with E-state index in [0.29, 0.717) is 25.1 Å². The highest BCUT2D eigenvalue weighted by Crippen LogP contribution is 2.20. The molecule has 7 nitrogen and oxygen atoms in total. The summed E-state index contributed by atoms with van der Waals surface area (Å²) in [5, 5.41) is 2.65. The van der Waals surface area contributed by atoms with E-state index in [4.69, 9.17) is 0 Å². The van der Waals surface area contributed by atoms with Gasteiger partial charge < -0.3 is 10.2 Å². The SMILES string of the molecule is CC[C@@H](C(=O)NC)N(Cc1ccc(C)cc1)C(=O)CCCN(c1ccc(C)cc1)S(C)(=O)=O. The molecule has 1 N–H and O–H groups in total. The molecule has 2 aromatic carbocycles. The van der Waals surface area contributed by atoms with Gasteiger partial charge in [-0.1, -0.05) is 54.4 Å². The van der Waals surface area contributed by atoms with E-state index >= 15 is 0 Å². The maximum atomic E-state index is 13.2. The molecule has 2 aromatic rings. The summed E-state index contributed by atoms with van der Waals surface area (Å²) in [5.41, 5.74) is 3.67. The summed E-state index contributed by atoms with van der Waals surface area (Å²) in [6, 6.07) is 14.5. The quantitative estimate of drug-likeness (QED) is 0.542. The van der Waals surface area contributed by atoms with Gasteiger partial charge in [-0.05, 0) is 44.4 Å². The lowest BCUT2D eigenvalue weighted by Gasteiger charge is -2.31. The van der Waals surface area contributed by atoms with Gasteiger partial charge in [0.05, 0.1) is 11.9 Å². The van der Waals surface area contributed by atoms with Gasteiger partial charge in [0.15, 0.2) is 0 Å². The summed E-state index contributed by atoms with van der Waals surface area (Å²) in [6.07, 6.45) is 2.12. The van der Waals surface area contributed by atoms with Crippen molar-refractivity contribution >= 4 is 27.5 Å². The molecular formula is C25H35N3O4S. The van der Waals surface area contributed by atoms with Gasteiger partial charge in [-0.2, -0.15) is 0 Å². The first-order chi connectivity index (χ1) is 15.6. The molecule has 0 aliphatic rings. The Morgan fingerprint density at radius 3 is 2.00 bits per heavy atom. The number of aryl methyl sites for hydroxylation is 2. The molecule has 0 unspecified atom stereocenters.